The fourth-order valence-corrected chi connectivity index (χ4v) is 1.49. The van der Waals surface area contributed by atoms with E-state index in [9.17, 15) is 0 Å². The van der Waals surface area contributed by atoms with Crippen LogP contribution in [0.15, 0.2) is 12.5 Å². The van der Waals surface area contributed by atoms with E-state index in [1.165, 1.54) is 0 Å². The number of hydrogen-bond donors (Lipinski definition) is 1. The first-order valence-electron chi connectivity index (χ1n) is 4.88. The predicted molar refractivity (Wildman–Crippen MR) is 59.8 cm³/mol. The number of rotatable bonds is 4. The predicted octanol–water partition coefficient (Wildman–Crippen LogP) is 0.492. The minimum atomic E-state index is 0.635. The summed E-state index contributed by atoms with van der Waals surface area (Å²) < 4.78 is 3.71. The highest BCUT2D eigenvalue weighted by Crippen LogP contribution is 2.08. The van der Waals surface area contributed by atoms with Gasteiger partial charge in [-0.05, 0) is 0 Å². The minimum Gasteiger partial charge on any atom is -0.321 e. The zero-order valence-corrected chi connectivity index (χ0v) is 9.94. The van der Waals surface area contributed by atoms with Gasteiger partial charge >= 0.3 is 0 Å². The van der Waals surface area contributed by atoms with E-state index in [1.807, 2.05) is 23.2 Å². The van der Waals surface area contributed by atoms with Crippen LogP contribution in [0.3, 0.4) is 0 Å². The summed E-state index contributed by atoms with van der Waals surface area (Å²) in [5, 5.41) is 11.6. The molecule has 0 unspecified atom stereocenters. The average Bonchev–Trinajstić information content (AvgIpc) is 2.80. The van der Waals surface area contributed by atoms with Crippen LogP contribution in [0.5, 0.6) is 0 Å². The summed E-state index contributed by atoms with van der Waals surface area (Å²) in [4.78, 5) is 4.18. The van der Waals surface area contributed by atoms with E-state index >= 15 is 0 Å². The molecule has 2 heterocycles. The maximum Gasteiger partial charge on any atom is 0.146 e. The molecule has 0 fully saturated rings. The molecule has 7 heteroatoms. The molecule has 6 nitrogen and oxygen atoms in total. The van der Waals surface area contributed by atoms with Gasteiger partial charge in [-0.25, -0.2) is 4.98 Å². The number of imidazole rings is 1. The third-order valence-corrected chi connectivity index (χ3v) is 2.75. The van der Waals surface area contributed by atoms with Gasteiger partial charge in [-0.2, -0.15) is 0 Å². The van der Waals surface area contributed by atoms with Gasteiger partial charge in [-0.15, -0.1) is 10.2 Å². The smallest absolute Gasteiger partial charge is 0.146 e. The molecule has 0 aliphatic heterocycles. The zero-order chi connectivity index (χ0) is 11.5. The van der Waals surface area contributed by atoms with Crippen molar-refractivity contribution in [2.75, 3.05) is 0 Å². The molecule has 1 N–H and O–H groups in total. The van der Waals surface area contributed by atoms with Gasteiger partial charge in [-0.1, -0.05) is 11.6 Å². The lowest BCUT2D eigenvalue weighted by molar-refractivity contribution is 0.604. The molecule has 2 aromatic rings. The van der Waals surface area contributed by atoms with E-state index in [1.54, 1.807) is 12.5 Å². The van der Waals surface area contributed by atoms with Crippen molar-refractivity contribution in [1.82, 2.24) is 29.6 Å². The molecule has 0 bridgehead atoms. The zero-order valence-electron chi connectivity index (χ0n) is 9.18. The molecule has 0 atom stereocenters. The van der Waals surface area contributed by atoms with E-state index in [4.69, 9.17) is 11.6 Å². The lowest BCUT2D eigenvalue weighted by Crippen LogP contribution is -2.18. The van der Waals surface area contributed by atoms with Gasteiger partial charge in [0.25, 0.3) is 0 Å². The fraction of sp³-hybridized carbons (Fsp3) is 0.444. The molecule has 16 heavy (non-hydrogen) atoms. The average molecular weight is 241 g/mol. The highest BCUT2D eigenvalue weighted by molar-refractivity contribution is 6.29. The van der Waals surface area contributed by atoms with Crippen molar-refractivity contribution in [3.63, 3.8) is 0 Å². The summed E-state index contributed by atoms with van der Waals surface area (Å²) in [5.74, 6) is 1.78. The van der Waals surface area contributed by atoms with Crippen LogP contribution in [0, 0.1) is 0 Å². The molecule has 0 radical (unpaired) electrons. The number of aromatic nitrogens is 5. The Morgan fingerprint density at radius 3 is 2.62 bits per heavy atom. The Bertz CT molecular complexity index is 474. The van der Waals surface area contributed by atoms with Gasteiger partial charge < -0.3 is 14.5 Å². The van der Waals surface area contributed by atoms with Crippen molar-refractivity contribution >= 4 is 11.6 Å². The van der Waals surface area contributed by atoms with E-state index in [-0.39, 0.29) is 0 Å². The number of hydrogen-bond acceptors (Lipinski definition) is 4. The second kappa shape index (κ2) is 4.63. The van der Waals surface area contributed by atoms with Gasteiger partial charge in [0.2, 0.25) is 0 Å². The Balaban J connectivity index is 1.89. The Morgan fingerprint density at radius 1 is 1.31 bits per heavy atom. The Labute approximate surface area is 98.3 Å². The molecular weight excluding hydrogens is 228 g/mol. The largest absolute Gasteiger partial charge is 0.321 e. The third kappa shape index (κ3) is 2.23. The molecule has 0 aliphatic rings. The van der Waals surface area contributed by atoms with E-state index in [0.717, 1.165) is 11.6 Å². The summed E-state index contributed by atoms with van der Waals surface area (Å²) in [5.41, 5.74) is 0. The summed E-state index contributed by atoms with van der Waals surface area (Å²) in [7, 11) is 3.79. The van der Waals surface area contributed by atoms with E-state index in [0.29, 0.717) is 18.2 Å². The number of halogens is 1. The van der Waals surface area contributed by atoms with Crippen LogP contribution in [-0.2, 0) is 27.2 Å². The molecule has 0 aromatic carbocycles. The Morgan fingerprint density at radius 2 is 2.06 bits per heavy atom. The van der Waals surface area contributed by atoms with Gasteiger partial charge in [0, 0.05) is 14.1 Å². The molecule has 0 amide bonds. The second-order valence-electron chi connectivity index (χ2n) is 3.52. The maximum atomic E-state index is 5.88. The van der Waals surface area contributed by atoms with Crippen LogP contribution in [0.25, 0.3) is 0 Å². The second-order valence-corrected chi connectivity index (χ2v) is 3.91. The van der Waals surface area contributed by atoms with Gasteiger partial charge in [0.15, 0.2) is 0 Å². The van der Waals surface area contributed by atoms with Crippen LogP contribution < -0.4 is 5.32 Å². The SMILES string of the molecule is Cn1cnnc1CNCc1ncc(Cl)n1C. The number of nitrogens with zero attached hydrogens (tertiary/aromatic N) is 5. The molecule has 2 rings (SSSR count). The lowest BCUT2D eigenvalue weighted by atomic mass is 10.5. The monoisotopic (exact) mass is 240 g/mol. The van der Waals surface area contributed by atoms with Crippen LogP contribution >= 0.6 is 11.6 Å². The summed E-state index contributed by atoms with van der Waals surface area (Å²) in [6, 6.07) is 0. The highest BCUT2D eigenvalue weighted by atomic mass is 35.5. The van der Waals surface area contributed by atoms with Crippen molar-refractivity contribution in [3.8, 4) is 0 Å². The van der Waals surface area contributed by atoms with Crippen molar-refractivity contribution in [2.24, 2.45) is 14.1 Å². The molecule has 0 saturated carbocycles. The Hall–Kier alpha value is -1.40. The van der Waals surface area contributed by atoms with Crippen molar-refractivity contribution in [3.05, 3.63) is 29.3 Å². The first kappa shape index (κ1) is 11.1. The summed E-state index contributed by atoms with van der Waals surface area (Å²) >= 11 is 5.88. The van der Waals surface area contributed by atoms with Gasteiger partial charge in [-0.3, -0.25) is 0 Å². The Kier molecular flexibility index (Phi) is 3.21. The van der Waals surface area contributed by atoms with Crippen molar-refractivity contribution in [1.29, 1.82) is 0 Å². The molecule has 0 spiro atoms. The first-order valence-corrected chi connectivity index (χ1v) is 5.26. The highest BCUT2D eigenvalue weighted by Gasteiger charge is 2.04. The lowest BCUT2D eigenvalue weighted by Gasteiger charge is -2.04. The summed E-state index contributed by atoms with van der Waals surface area (Å²) in [6.07, 6.45) is 3.32. The van der Waals surface area contributed by atoms with E-state index < -0.39 is 0 Å². The molecule has 0 saturated heterocycles. The van der Waals surface area contributed by atoms with Crippen LogP contribution in [0.4, 0.5) is 0 Å². The standard InChI is InChI=1S/C9H13ClN6/c1-15-6-13-14-9(15)5-11-4-8-12-3-7(10)16(8)2/h3,6,11H,4-5H2,1-2H3. The number of nitrogens with one attached hydrogen (secondary N) is 1. The maximum absolute atomic E-state index is 5.88. The molecule has 86 valence electrons. The summed E-state index contributed by atoms with van der Waals surface area (Å²) in [6.45, 7) is 1.30. The molecule has 2 aromatic heterocycles. The van der Waals surface area contributed by atoms with Crippen LogP contribution in [0.1, 0.15) is 11.6 Å². The first-order chi connectivity index (χ1) is 7.68. The topological polar surface area (TPSA) is 60.6 Å². The van der Waals surface area contributed by atoms with Gasteiger partial charge in [0.1, 0.15) is 23.1 Å². The third-order valence-electron chi connectivity index (χ3n) is 2.40. The van der Waals surface area contributed by atoms with Crippen molar-refractivity contribution < 1.29 is 0 Å². The molecule has 0 aliphatic carbocycles. The quantitative estimate of drug-likeness (QED) is 0.845. The molecular formula is C9H13ClN6. The van der Waals surface area contributed by atoms with Crippen molar-refractivity contribution in [2.45, 2.75) is 13.1 Å². The van der Waals surface area contributed by atoms with Gasteiger partial charge in [0.05, 0.1) is 19.3 Å². The minimum absolute atomic E-state index is 0.635. The fourth-order valence-electron chi connectivity index (χ4n) is 1.34. The van der Waals surface area contributed by atoms with Crippen LogP contribution in [0.2, 0.25) is 5.15 Å². The number of aryl methyl sites for hydroxylation is 1. The van der Waals surface area contributed by atoms with E-state index in [2.05, 4.69) is 20.5 Å². The van der Waals surface area contributed by atoms with Crippen LogP contribution in [-0.4, -0.2) is 24.3 Å². The normalized spacial score (nSPS) is 10.9.